The van der Waals surface area contributed by atoms with Crippen molar-refractivity contribution in [2.24, 2.45) is 10.8 Å². The largest absolute Gasteiger partial charge is 1.00 e. The zero-order valence-electron chi connectivity index (χ0n) is 68.6. The molecule has 6 saturated heterocycles. The first-order valence-corrected chi connectivity index (χ1v) is 40.8. The number of carbonyl (C=O) groups is 10. The predicted octanol–water partition coefficient (Wildman–Crippen LogP) is 8.68. The Labute approximate surface area is 697 Å². The fourth-order valence-corrected chi connectivity index (χ4v) is 17.0. The zero-order chi connectivity index (χ0) is 88.8. The first kappa shape index (κ1) is 117. The van der Waals surface area contributed by atoms with Crippen LogP contribution in [-0.4, -0.2) is 257 Å². The maximum Gasteiger partial charge on any atom is 0.762 e. The van der Waals surface area contributed by atoms with Gasteiger partial charge in [-0.05, 0) is 141 Å². The number of nitrogens with zero attached hydrogens (tertiary/aromatic N) is 4. The molecule has 3 amide bonds. The number of halogens is 13. The van der Waals surface area contributed by atoms with Crippen molar-refractivity contribution in [1.29, 1.82) is 0 Å². The third-order valence-electron chi connectivity index (χ3n) is 13.3. The van der Waals surface area contributed by atoms with E-state index >= 15 is 0 Å². The topological polar surface area (TPSA) is 473 Å². The van der Waals surface area contributed by atoms with Gasteiger partial charge in [0.1, 0.15) is 67.1 Å². The molecule has 7 aliphatic heterocycles. The number of ether oxygens (including phenoxy) is 12. The van der Waals surface area contributed by atoms with Gasteiger partial charge in [-0.1, -0.05) is 12.9 Å². The SMILES string of the molecule is CC(=O)OI1(OC(C)=O)(OC(C)=O)OC(=O)c2ccccc21.CC(C)(C)OC(=O)NC1CCOCC1(F)F.CC(C)(C)OC(=O)NC1CCOCC1=O.CC(C)(C)OC(=O)N[C@H]1CCOC[C@@H]1O.CC(C)(C)OC(=O)OC(=O)OC(C)(C)C.Cl.Cl.FB(F)F.FS(F)=[N+]1CCOCC1.NC1CCOCC1(F)F.[F-].[HH].[N-]=[N+]=N[C@H]1CCOC[C@@H]1O. The summed E-state index contributed by atoms with van der Waals surface area (Å²) in [5.41, 5.74) is 10.0. The van der Waals surface area contributed by atoms with Gasteiger partial charge in [-0.2, -0.15) is 0 Å². The number of morpholine rings is 1. The average Bonchev–Trinajstić information content (AvgIpc) is 1.54. The molecule has 1 aromatic rings. The van der Waals surface area contributed by atoms with Gasteiger partial charge in [-0.15, -0.1) is 28.8 Å². The van der Waals surface area contributed by atoms with Crippen LogP contribution in [0.15, 0.2) is 29.4 Å². The summed E-state index contributed by atoms with van der Waals surface area (Å²) in [6.07, 6.45) is -3.16. The van der Waals surface area contributed by atoms with Crippen molar-refractivity contribution < 1.29 is 176 Å². The number of alkyl halides is 4. The Morgan fingerprint density at radius 2 is 1.00 bits per heavy atom. The Bertz CT molecular complexity index is 3320. The number of hydrogen-bond donors (Lipinski definition) is 6. The number of nitrogens with one attached hydrogen (secondary N) is 3. The second kappa shape index (κ2) is 54.5. The molecule has 6 fully saturated rings. The summed E-state index contributed by atoms with van der Waals surface area (Å²) in [7, 11) is -3.67. The zero-order valence-corrected chi connectivity index (χ0v) is 73.2. The van der Waals surface area contributed by atoms with Crippen LogP contribution >= 0.6 is 43.5 Å². The van der Waals surface area contributed by atoms with E-state index in [4.69, 9.17) is 71.3 Å². The van der Waals surface area contributed by atoms with Crippen molar-refractivity contribution in [2.45, 2.75) is 239 Å². The molecule has 0 radical (unpaired) electrons. The Hall–Kier alpha value is -6.91. The molecule has 690 valence electrons. The number of aliphatic hydroxyl groups excluding tert-OH is 2. The minimum atomic E-state index is -6.03. The van der Waals surface area contributed by atoms with Crippen LogP contribution in [0.1, 0.15) is 169 Å². The van der Waals surface area contributed by atoms with E-state index in [0.717, 1.165) is 24.7 Å². The molecule has 7 atom stereocenters. The number of rotatable bonds is 7. The van der Waals surface area contributed by atoms with Crippen molar-refractivity contribution >= 4 is 123 Å². The van der Waals surface area contributed by atoms with Crippen molar-refractivity contribution in [1.82, 2.24) is 16.0 Å². The van der Waals surface area contributed by atoms with E-state index < -0.39 is 176 Å². The Morgan fingerprint density at radius 3 is 1.38 bits per heavy atom. The molecule has 118 heavy (non-hydrogen) atoms. The molecule has 0 aromatic heterocycles. The summed E-state index contributed by atoms with van der Waals surface area (Å²) >= 11 is -8.58. The predicted molar refractivity (Wildman–Crippen MR) is 414 cm³/mol. The number of amides is 3. The van der Waals surface area contributed by atoms with Crippen LogP contribution in [0.25, 0.3) is 10.4 Å². The van der Waals surface area contributed by atoms with Crippen molar-refractivity contribution in [3.63, 3.8) is 0 Å². The monoisotopic (exact) mass is 1910 g/mol. The van der Waals surface area contributed by atoms with E-state index in [0.29, 0.717) is 72.0 Å². The number of Topliss-reactive ketones (excluding diaryl/α,β-unsaturated/α-hetero) is 1. The fraction of sp³-hybridized carbons (Fsp3) is 0.761. The van der Waals surface area contributed by atoms with Gasteiger partial charge in [0.2, 0.25) is 0 Å². The summed E-state index contributed by atoms with van der Waals surface area (Å²) in [6, 6.07) is 2.56. The minimum Gasteiger partial charge on any atom is -1.00 e. The minimum absolute atomic E-state index is 0. The summed E-state index contributed by atoms with van der Waals surface area (Å²) in [4.78, 5) is 117. The Morgan fingerprint density at radius 1 is 0.593 bits per heavy atom. The van der Waals surface area contributed by atoms with Crippen LogP contribution in [0, 0.1) is 3.57 Å². The van der Waals surface area contributed by atoms with Gasteiger partial charge < -0.3 is 93.4 Å². The molecular formula is C67H114BCl2F10IN8O28S. The summed E-state index contributed by atoms with van der Waals surface area (Å²) in [5, 5.41) is 29.4. The maximum absolute atomic E-state index is 13.3. The molecule has 0 spiro atoms. The third kappa shape index (κ3) is 51.7. The summed E-state index contributed by atoms with van der Waals surface area (Å²) < 4.78 is 183. The fourth-order valence-electron chi connectivity index (χ4n) is 8.76. The van der Waals surface area contributed by atoms with Crippen LogP contribution < -0.4 is 26.4 Å². The molecule has 0 saturated carbocycles. The summed E-state index contributed by atoms with van der Waals surface area (Å²) in [5.74, 6) is -9.59. The van der Waals surface area contributed by atoms with E-state index in [1.165, 1.54) is 18.2 Å². The van der Waals surface area contributed by atoms with Crippen molar-refractivity contribution in [2.75, 3.05) is 92.4 Å². The van der Waals surface area contributed by atoms with E-state index in [2.05, 4.69) is 40.2 Å². The average molecular weight is 1910 g/mol. The molecule has 36 nitrogen and oxygen atoms in total. The van der Waals surface area contributed by atoms with Crippen LogP contribution in [0.3, 0.4) is 0 Å². The number of alkyl carbamates (subject to hydrolysis) is 3. The van der Waals surface area contributed by atoms with Gasteiger partial charge in [-0.3, -0.25) is 17.7 Å². The van der Waals surface area contributed by atoms with Crippen LogP contribution in [0.2, 0.25) is 0 Å². The van der Waals surface area contributed by atoms with Crippen LogP contribution in [-0.2, 0) is 99.7 Å². The first-order valence-electron chi connectivity index (χ1n) is 35.3. The van der Waals surface area contributed by atoms with Crippen molar-refractivity contribution in [3.05, 3.63) is 43.8 Å². The molecule has 0 aliphatic carbocycles. The van der Waals surface area contributed by atoms with E-state index in [9.17, 15) is 91.3 Å². The van der Waals surface area contributed by atoms with E-state index in [-0.39, 0.29) is 97.2 Å². The van der Waals surface area contributed by atoms with Gasteiger partial charge in [0, 0.05) is 39.4 Å². The van der Waals surface area contributed by atoms with Gasteiger partial charge in [0.15, 0.2) is 18.9 Å². The van der Waals surface area contributed by atoms with Gasteiger partial charge in [0.05, 0.1) is 49.6 Å². The normalized spacial score (nSPS) is 21.9. The number of nitrogens with two attached hydrogens (primary N) is 1. The van der Waals surface area contributed by atoms with Crippen LogP contribution in [0.5, 0.6) is 0 Å². The number of aliphatic hydroxyl groups is 2. The molecule has 8 rings (SSSR count). The number of fused-ring (bicyclic) bond motifs is 1. The van der Waals surface area contributed by atoms with Gasteiger partial charge in [0.25, 0.3) is 11.8 Å². The second-order valence-electron chi connectivity index (χ2n) is 29.7. The molecule has 3 unspecified atom stereocenters. The number of benzene rings is 1. The van der Waals surface area contributed by atoms with Crippen LogP contribution in [0.4, 0.5) is 62.3 Å². The third-order valence-corrected chi connectivity index (χ3v) is 22.2. The van der Waals surface area contributed by atoms with E-state index in [1.807, 2.05) is 0 Å². The number of carbonyl (C=O) groups excluding carboxylic acids is 10. The smallest absolute Gasteiger partial charge is 0.762 e. The number of ketones is 1. The second-order valence-corrected chi connectivity index (χ2v) is 37.4. The summed E-state index contributed by atoms with van der Waals surface area (Å²) in [6.45, 7) is 32.1. The van der Waals surface area contributed by atoms with Gasteiger partial charge >= 0.3 is 178 Å². The molecule has 1 aromatic carbocycles. The molecule has 7 heterocycles. The molecule has 51 heteroatoms. The number of azide groups is 1. The first-order chi connectivity index (χ1) is 52.7. The number of hydrogen-bond acceptors (Lipinski definition) is 30. The standard InChI is InChI=1S/C13H13IO8.C10H17F2NO3.C10H19NO4.C10H17NO4.C10H18O5.C5H9F2NO.C5H9N3O2.C4H8F2NOS.BF3.2ClH.FH.H2/c1-8(15)19-14(20-9(2)16,21-10(3)17)12-7-5-4-6-11(12)13(18)22-14;1-9(2,3)16-8(14)13-7-4-5-15-6-10(7,11)12;2*1-10(2,3)15-9(13)11-7-4-5-14-6-8(7)12;1-9(2,3)14-7(11)13-8(12)15-10(4,5)6;6-5(7)3-9-2-1-4(5)8;6-8-7-4-1-2-10-3-5(4)9;5-9(6)7-1-3-8-4-2-7;2-1(3)4;;;;/h4-7H,1-3H3;7H,4-6H2,1-3H3,(H,13,14);7-8,12H,4-6H2,1-3H3,(H,11,13);7H,4-6H2,1-3H3,(H,11,13);1-6H3;4H,1-3,8H2;4-5,9H,1-3H2;1-4H2;;4*1H/q;;;;;;;+1;;;;;/p-1/t;;7-,8-;;;;4-,5-;;;;;;/m..0...0....../s1. The molecule has 7 N–H and O–H groups in total. The maximum atomic E-state index is 13.3. The molecule has 7 aliphatic rings. The molecular weight excluding hydrogens is 1800 g/mol. The van der Waals surface area contributed by atoms with Gasteiger partial charge in [-0.25, -0.2) is 41.5 Å². The molecule has 0 bridgehead atoms. The van der Waals surface area contributed by atoms with Crippen molar-refractivity contribution in [3.8, 4) is 0 Å². The van der Waals surface area contributed by atoms with E-state index in [1.54, 1.807) is 110 Å². The Kier molecular flexibility index (Phi) is 54.2. The Balaban J connectivity index is -0.000000417. The quantitative estimate of drug-likeness (QED) is 0.0142.